The molecule has 1 aromatic carbocycles. The first kappa shape index (κ1) is 16.0. The number of rotatable bonds is 4. The number of benzene rings is 1. The van der Waals surface area contributed by atoms with Gasteiger partial charge < -0.3 is 10.6 Å². The molecule has 1 aromatic rings. The third-order valence-corrected chi connectivity index (χ3v) is 5.90. The molecule has 0 saturated carbocycles. The van der Waals surface area contributed by atoms with Gasteiger partial charge in [-0.15, -0.1) is 0 Å². The second-order valence-electron chi connectivity index (χ2n) is 5.61. The number of carbonyl (C=O) groups is 1. The molecule has 6 heteroatoms. The molecule has 1 saturated heterocycles. The molecule has 1 atom stereocenters. The Labute approximate surface area is 126 Å². The molecule has 0 aromatic heterocycles. The van der Waals surface area contributed by atoms with E-state index >= 15 is 0 Å². The van der Waals surface area contributed by atoms with E-state index in [0.29, 0.717) is 0 Å². The third kappa shape index (κ3) is 3.63. The molecular formula is C15H22N2O3S. The predicted molar refractivity (Wildman–Crippen MR) is 82.1 cm³/mol. The van der Waals surface area contributed by atoms with Crippen molar-refractivity contribution in [2.24, 2.45) is 0 Å². The number of piperidine rings is 1. The van der Waals surface area contributed by atoms with E-state index < -0.39 is 15.1 Å². The highest BCUT2D eigenvalue weighted by Crippen LogP contribution is 2.20. The SMILES string of the molecule is CC(C)S(=O)(=O)c1ccccc1C(=O)NC1CCCNC1. The van der Waals surface area contributed by atoms with Gasteiger partial charge in [-0.3, -0.25) is 4.79 Å². The quantitative estimate of drug-likeness (QED) is 0.880. The van der Waals surface area contributed by atoms with Crippen LogP contribution >= 0.6 is 0 Å². The molecule has 1 fully saturated rings. The summed E-state index contributed by atoms with van der Waals surface area (Å²) in [6, 6.07) is 6.47. The first-order valence-corrected chi connectivity index (χ1v) is 8.82. The van der Waals surface area contributed by atoms with Gasteiger partial charge >= 0.3 is 0 Å². The van der Waals surface area contributed by atoms with Crippen LogP contribution in [0.1, 0.15) is 37.0 Å². The average Bonchev–Trinajstić information content (AvgIpc) is 2.48. The maximum Gasteiger partial charge on any atom is 0.252 e. The summed E-state index contributed by atoms with van der Waals surface area (Å²) in [6.45, 7) is 4.93. The summed E-state index contributed by atoms with van der Waals surface area (Å²) in [4.78, 5) is 12.5. The molecule has 0 aliphatic carbocycles. The zero-order chi connectivity index (χ0) is 15.5. The Morgan fingerprint density at radius 3 is 2.67 bits per heavy atom. The summed E-state index contributed by atoms with van der Waals surface area (Å²) in [5, 5.41) is 5.59. The van der Waals surface area contributed by atoms with Crippen molar-refractivity contribution in [3.05, 3.63) is 29.8 Å². The van der Waals surface area contributed by atoms with Crippen molar-refractivity contribution in [2.75, 3.05) is 13.1 Å². The summed E-state index contributed by atoms with van der Waals surface area (Å²) < 4.78 is 24.7. The number of amides is 1. The highest BCUT2D eigenvalue weighted by Gasteiger charge is 2.26. The molecular weight excluding hydrogens is 288 g/mol. The summed E-state index contributed by atoms with van der Waals surface area (Å²) in [5.41, 5.74) is 0.233. The molecule has 0 spiro atoms. The maximum atomic E-state index is 12.4. The fraction of sp³-hybridized carbons (Fsp3) is 0.533. The molecule has 0 radical (unpaired) electrons. The number of nitrogens with one attached hydrogen (secondary N) is 2. The van der Waals surface area contributed by atoms with Gasteiger partial charge in [0, 0.05) is 12.6 Å². The van der Waals surface area contributed by atoms with E-state index in [-0.39, 0.29) is 22.4 Å². The molecule has 0 bridgehead atoms. The van der Waals surface area contributed by atoms with Crippen LogP contribution in [0.25, 0.3) is 0 Å². The molecule has 1 unspecified atom stereocenters. The number of hydrogen-bond donors (Lipinski definition) is 2. The van der Waals surface area contributed by atoms with Crippen LogP contribution in [0.4, 0.5) is 0 Å². The van der Waals surface area contributed by atoms with Gasteiger partial charge in [0.25, 0.3) is 5.91 Å². The molecule has 116 valence electrons. The lowest BCUT2D eigenvalue weighted by atomic mass is 10.1. The Hall–Kier alpha value is -1.40. The van der Waals surface area contributed by atoms with Gasteiger partial charge in [0.1, 0.15) is 0 Å². The van der Waals surface area contributed by atoms with Crippen LogP contribution in [0, 0.1) is 0 Å². The number of carbonyl (C=O) groups excluding carboxylic acids is 1. The molecule has 1 aliphatic heterocycles. The fourth-order valence-electron chi connectivity index (χ4n) is 2.39. The van der Waals surface area contributed by atoms with Crippen LogP contribution < -0.4 is 10.6 Å². The second kappa shape index (κ2) is 6.58. The van der Waals surface area contributed by atoms with E-state index in [9.17, 15) is 13.2 Å². The lowest BCUT2D eigenvalue weighted by Crippen LogP contribution is -2.45. The van der Waals surface area contributed by atoms with Crippen LogP contribution in [0.3, 0.4) is 0 Å². The van der Waals surface area contributed by atoms with Crippen LogP contribution in [0.5, 0.6) is 0 Å². The Kier molecular flexibility index (Phi) is 5.00. The molecule has 1 amide bonds. The Morgan fingerprint density at radius 2 is 2.05 bits per heavy atom. The Balaban J connectivity index is 2.25. The summed E-state index contributed by atoms with van der Waals surface area (Å²) in [7, 11) is -3.47. The summed E-state index contributed by atoms with van der Waals surface area (Å²) in [5.74, 6) is -0.316. The molecule has 2 N–H and O–H groups in total. The van der Waals surface area contributed by atoms with Crippen molar-refractivity contribution >= 4 is 15.7 Å². The van der Waals surface area contributed by atoms with Crippen LogP contribution in [0.2, 0.25) is 0 Å². The van der Waals surface area contributed by atoms with Crippen molar-refractivity contribution in [2.45, 2.75) is 42.9 Å². The Morgan fingerprint density at radius 1 is 1.33 bits per heavy atom. The minimum Gasteiger partial charge on any atom is -0.348 e. The maximum absolute atomic E-state index is 12.4. The van der Waals surface area contributed by atoms with Gasteiger partial charge in [-0.1, -0.05) is 12.1 Å². The minimum atomic E-state index is -3.47. The van der Waals surface area contributed by atoms with Gasteiger partial charge in [-0.2, -0.15) is 0 Å². The van der Waals surface area contributed by atoms with E-state index in [2.05, 4.69) is 10.6 Å². The van der Waals surface area contributed by atoms with Crippen LogP contribution in [0.15, 0.2) is 29.2 Å². The third-order valence-electron chi connectivity index (χ3n) is 3.69. The van der Waals surface area contributed by atoms with E-state index in [1.54, 1.807) is 32.0 Å². The summed E-state index contributed by atoms with van der Waals surface area (Å²) in [6.07, 6.45) is 1.93. The van der Waals surface area contributed by atoms with Gasteiger partial charge in [0.15, 0.2) is 9.84 Å². The first-order chi connectivity index (χ1) is 9.93. The predicted octanol–water partition coefficient (Wildman–Crippen LogP) is 1.35. The van der Waals surface area contributed by atoms with Crippen molar-refractivity contribution in [1.29, 1.82) is 0 Å². The lowest BCUT2D eigenvalue weighted by molar-refractivity contribution is 0.0927. The van der Waals surface area contributed by atoms with E-state index in [1.807, 2.05) is 0 Å². The first-order valence-electron chi connectivity index (χ1n) is 7.27. The van der Waals surface area contributed by atoms with Gasteiger partial charge in [0.2, 0.25) is 0 Å². The largest absolute Gasteiger partial charge is 0.348 e. The average molecular weight is 310 g/mol. The standard InChI is InChI=1S/C15H22N2O3S/c1-11(2)21(19,20)14-8-4-3-7-13(14)15(18)17-12-6-5-9-16-10-12/h3-4,7-8,11-12,16H,5-6,9-10H2,1-2H3,(H,17,18). The van der Waals surface area contributed by atoms with E-state index in [4.69, 9.17) is 0 Å². The second-order valence-corrected chi connectivity index (χ2v) is 8.08. The normalized spacial score (nSPS) is 19.5. The topological polar surface area (TPSA) is 75.3 Å². The molecule has 2 rings (SSSR count). The molecule has 21 heavy (non-hydrogen) atoms. The van der Waals surface area contributed by atoms with Crippen molar-refractivity contribution in [3.8, 4) is 0 Å². The monoisotopic (exact) mass is 310 g/mol. The van der Waals surface area contributed by atoms with Crippen molar-refractivity contribution < 1.29 is 13.2 Å². The van der Waals surface area contributed by atoms with E-state index in [0.717, 1.165) is 25.9 Å². The van der Waals surface area contributed by atoms with Crippen molar-refractivity contribution in [3.63, 3.8) is 0 Å². The molecule has 5 nitrogen and oxygen atoms in total. The van der Waals surface area contributed by atoms with Crippen LogP contribution in [-0.4, -0.2) is 38.7 Å². The zero-order valence-electron chi connectivity index (χ0n) is 12.4. The van der Waals surface area contributed by atoms with Gasteiger partial charge in [-0.05, 0) is 45.4 Å². The van der Waals surface area contributed by atoms with E-state index in [1.165, 1.54) is 6.07 Å². The molecule has 1 aliphatic rings. The smallest absolute Gasteiger partial charge is 0.252 e. The molecule has 1 heterocycles. The number of sulfone groups is 1. The lowest BCUT2D eigenvalue weighted by Gasteiger charge is -2.24. The summed E-state index contributed by atoms with van der Waals surface area (Å²) >= 11 is 0. The van der Waals surface area contributed by atoms with Gasteiger partial charge in [-0.25, -0.2) is 8.42 Å². The Bertz CT molecular complexity index is 605. The van der Waals surface area contributed by atoms with Crippen LogP contribution in [-0.2, 0) is 9.84 Å². The highest BCUT2D eigenvalue weighted by molar-refractivity contribution is 7.92. The highest BCUT2D eigenvalue weighted by atomic mass is 32.2. The zero-order valence-corrected chi connectivity index (χ0v) is 13.2. The fourth-order valence-corrected chi connectivity index (χ4v) is 3.64. The minimum absolute atomic E-state index is 0.0565. The number of hydrogen-bond acceptors (Lipinski definition) is 4. The van der Waals surface area contributed by atoms with Gasteiger partial charge in [0.05, 0.1) is 15.7 Å². The van der Waals surface area contributed by atoms with Crippen molar-refractivity contribution in [1.82, 2.24) is 10.6 Å².